The van der Waals surface area contributed by atoms with Crippen molar-refractivity contribution in [3.8, 4) is 5.75 Å². The Morgan fingerprint density at radius 1 is 1.10 bits per heavy atom. The molecule has 29 heavy (non-hydrogen) atoms. The number of esters is 1. The predicted octanol–water partition coefficient (Wildman–Crippen LogP) is 4.61. The average molecular weight is 459 g/mol. The van der Waals surface area contributed by atoms with Crippen LogP contribution in [0, 0.1) is 0 Å². The van der Waals surface area contributed by atoms with Gasteiger partial charge in [0.05, 0.1) is 17.7 Å². The number of amides is 2. The Hall–Kier alpha value is -2.80. The summed E-state index contributed by atoms with van der Waals surface area (Å²) in [4.78, 5) is 24.5. The molecule has 1 aliphatic heterocycles. The molecule has 1 unspecified atom stereocenters. The number of hydrogen-bond acceptors (Lipinski definition) is 4. The quantitative estimate of drug-likeness (QED) is 0.619. The summed E-state index contributed by atoms with van der Waals surface area (Å²) in [5.74, 6) is 0.245. The van der Waals surface area contributed by atoms with Gasteiger partial charge in [-0.15, -0.1) is 0 Å². The van der Waals surface area contributed by atoms with E-state index in [0.717, 1.165) is 15.6 Å². The number of allylic oxidation sites excluding steroid dienone is 1. The van der Waals surface area contributed by atoms with Crippen LogP contribution in [0.5, 0.6) is 5.75 Å². The topological polar surface area (TPSA) is 76.7 Å². The lowest BCUT2D eigenvalue weighted by Gasteiger charge is -2.28. The first kappa shape index (κ1) is 20.9. The van der Waals surface area contributed by atoms with Gasteiger partial charge in [0.25, 0.3) is 0 Å². The lowest BCUT2D eigenvalue weighted by Crippen LogP contribution is -2.45. The van der Waals surface area contributed by atoms with Crippen molar-refractivity contribution in [1.29, 1.82) is 0 Å². The highest BCUT2D eigenvalue weighted by molar-refractivity contribution is 9.10. The second kappa shape index (κ2) is 9.13. The van der Waals surface area contributed by atoms with Gasteiger partial charge in [0, 0.05) is 10.2 Å². The van der Waals surface area contributed by atoms with Crippen molar-refractivity contribution in [3.63, 3.8) is 0 Å². The fourth-order valence-electron chi connectivity index (χ4n) is 3.00. The molecule has 7 heteroatoms. The normalized spacial score (nSPS) is 16.3. The summed E-state index contributed by atoms with van der Waals surface area (Å²) >= 11 is 3.41. The summed E-state index contributed by atoms with van der Waals surface area (Å²) in [5, 5.41) is 5.43. The zero-order chi connectivity index (χ0) is 21.0. The summed E-state index contributed by atoms with van der Waals surface area (Å²) in [6.45, 7) is 5.71. The number of ether oxygens (including phenoxy) is 2. The predicted molar refractivity (Wildman–Crippen MR) is 113 cm³/mol. The fraction of sp³-hybridized carbons (Fsp3) is 0.273. The lowest BCUT2D eigenvalue weighted by atomic mass is 9.95. The monoisotopic (exact) mass is 458 g/mol. The molecular formula is C22H23BrN2O4. The van der Waals surface area contributed by atoms with Crippen molar-refractivity contribution in [1.82, 2.24) is 10.6 Å². The van der Waals surface area contributed by atoms with Crippen LogP contribution in [0.15, 0.2) is 64.3 Å². The third-order valence-corrected chi connectivity index (χ3v) is 4.89. The Morgan fingerprint density at radius 3 is 2.38 bits per heavy atom. The van der Waals surface area contributed by atoms with Crippen LogP contribution in [0.25, 0.3) is 0 Å². The maximum Gasteiger partial charge on any atom is 0.338 e. The summed E-state index contributed by atoms with van der Waals surface area (Å²) < 4.78 is 12.2. The number of benzene rings is 2. The van der Waals surface area contributed by atoms with E-state index in [-0.39, 0.29) is 12.1 Å². The van der Waals surface area contributed by atoms with E-state index in [1.165, 1.54) is 0 Å². The highest BCUT2D eigenvalue weighted by Gasteiger charge is 2.32. The minimum absolute atomic E-state index is 0.254. The van der Waals surface area contributed by atoms with Crippen LogP contribution in [0.1, 0.15) is 37.9 Å². The smallest absolute Gasteiger partial charge is 0.338 e. The average Bonchev–Trinajstić information content (AvgIpc) is 2.66. The van der Waals surface area contributed by atoms with Crippen LogP contribution in [0.3, 0.4) is 0 Å². The van der Waals surface area contributed by atoms with Gasteiger partial charge >= 0.3 is 12.0 Å². The molecule has 2 N–H and O–H groups in total. The largest absolute Gasteiger partial charge is 0.489 e. The molecule has 0 bridgehead atoms. The molecule has 0 radical (unpaired) electrons. The molecule has 2 aromatic carbocycles. The summed E-state index contributed by atoms with van der Waals surface area (Å²) in [5.41, 5.74) is 2.70. The van der Waals surface area contributed by atoms with Crippen LogP contribution in [0.2, 0.25) is 0 Å². The summed E-state index contributed by atoms with van der Waals surface area (Å²) in [7, 11) is 0. The molecule has 2 aromatic rings. The molecule has 0 aromatic heterocycles. The Balaban J connectivity index is 1.75. The third-order valence-electron chi connectivity index (χ3n) is 4.36. The van der Waals surface area contributed by atoms with Gasteiger partial charge in [-0.25, -0.2) is 9.59 Å². The van der Waals surface area contributed by atoms with Gasteiger partial charge in [-0.3, -0.25) is 0 Å². The SMILES string of the molecule is CC1=C(C(=O)OC(C)C)C(c2ccc(OCc3ccc(Br)cc3)cc2)NC(=O)N1. The lowest BCUT2D eigenvalue weighted by molar-refractivity contribution is -0.143. The number of nitrogens with one attached hydrogen (secondary N) is 2. The van der Waals surface area contributed by atoms with Gasteiger partial charge in [-0.05, 0) is 56.2 Å². The van der Waals surface area contributed by atoms with Crippen LogP contribution in [0.4, 0.5) is 4.79 Å². The Kier molecular flexibility index (Phi) is 6.59. The molecule has 0 saturated carbocycles. The second-order valence-corrected chi connectivity index (χ2v) is 7.92. The van der Waals surface area contributed by atoms with Crippen molar-refractivity contribution >= 4 is 27.9 Å². The standard InChI is InChI=1S/C22H23BrN2O4/c1-13(2)29-21(26)19-14(3)24-22(27)25-20(19)16-6-10-18(11-7-16)28-12-15-4-8-17(23)9-5-15/h4-11,13,20H,12H2,1-3H3,(H2,24,25,27). The highest BCUT2D eigenvalue weighted by atomic mass is 79.9. The molecule has 0 aliphatic carbocycles. The molecule has 0 saturated heterocycles. The highest BCUT2D eigenvalue weighted by Crippen LogP contribution is 2.29. The second-order valence-electron chi connectivity index (χ2n) is 7.01. The van der Waals surface area contributed by atoms with E-state index < -0.39 is 12.0 Å². The van der Waals surface area contributed by atoms with E-state index in [1.54, 1.807) is 20.8 Å². The first-order valence-electron chi connectivity index (χ1n) is 9.30. The molecular weight excluding hydrogens is 436 g/mol. The van der Waals surface area contributed by atoms with Crippen molar-refractivity contribution in [2.45, 2.75) is 39.5 Å². The molecule has 1 atom stereocenters. The zero-order valence-corrected chi connectivity index (χ0v) is 18.1. The van der Waals surface area contributed by atoms with Gasteiger partial charge in [-0.1, -0.05) is 40.2 Å². The summed E-state index contributed by atoms with van der Waals surface area (Å²) in [6.07, 6.45) is -0.254. The van der Waals surface area contributed by atoms with Crippen LogP contribution >= 0.6 is 15.9 Å². The van der Waals surface area contributed by atoms with Crippen molar-refractivity contribution in [2.75, 3.05) is 0 Å². The molecule has 3 rings (SSSR count). The van der Waals surface area contributed by atoms with Gasteiger partial charge in [0.2, 0.25) is 0 Å². The van der Waals surface area contributed by atoms with E-state index in [2.05, 4.69) is 26.6 Å². The maximum atomic E-state index is 12.6. The third kappa shape index (κ3) is 5.38. The Morgan fingerprint density at radius 2 is 1.76 bits per heavy atom. The van der Waals surface area contributed by atoms with Gasteiger partial charge in [-0.2, -0.15) is 0 Å². The number of carbonyl (C=O) groups is 2. The molecule has 6 nitrogen and oxygen atoms in total. The summed E-state index contributed by atoms with van der Waals surface area (Å²) in [6, 6.07) is 14.3. The Labute approximate surface area is 178 Å². The number of urea groups is 1. The number of carbonyl (C=O) groups excluding carboxylic acids is 2. The van der Waals surface area contributed by atoms with E-state index in [0.29, 0.717) is 23.6 Å². The van der Waals surface area contributed by atoms with Crippen molar-refractivity contribution in [2.24, 2.45) is 0 Å². The van der Waals surface area contributed by atoms with Crippen molar-refractivity contribution < 1.29 is 19.1 Å². The van der Waals surface area contributed by atoms with Crippen molar-refractivity contribution in [3.05, 3.63) is 75.4 Å². The van der Waals surface area contributed by atoms with E-state index in [4.69, 9.17) is 9.47 Å². The number of hydrogen-bond donors (Lipinski definition) is 2. The van der Waals surface area contributed by atoms with Gasteiger partial charge in [0.1, 0.15) is 12.4 Å². The zero-order valence-electron chi connectivity index (χ0n) is 16.5. The van der Waals surface area contributed by atoms with Crippen LogP contribution in [-0.2, 0) is 16.1 Å². The fourth-order valence-corrected chi connectivity index (χ4v) is 3.26. The van der Waals surface area contributed by atoms with Gasteiger partial charge in [0.15, 0.2) is 0 Å². The molecule has 1 heterocycles. The van der Waals surface area contributed by atoms with E-state index in [9.17, 15) is 9.59 Å². The first-order valence-corrected chi connectivity index (χ1v) is 10.1. The van der Waals surface area contributed by atoms with E-state index in [1.807, 2.05) is 48.5 Å². The molecule has 2 amide bonds. The molecule has 152 valence electrons. The Bertz CT molecular complexity index is 921. The van der Waals surface area contributed by atoms with E-state index >= 15 is 0 Å². The number of rotatable bonds is 6. The maximum absolute atomic E-state index is 12.6. The first-order chi connectivity index (χ1) is 13.8. The van der Waals surface area contributed by atoms with Crippen LogP contribution < -0.4 is 15.4 Å². The van der Waals surface area contributed by atoms with Crippen LogP contribution in [-0.4, -0.2) is 18.1 Å². The molecule has 0 fully saturated rings. The minimum atomic E-state index is -0.587. The number of halogens is 1. The molecule has 0 spiro atoms. The molecule has 1 aliphatic rings. The van der Waals surface area contributed by atoms with Gasteiger partial charge < -0.3 is 20.1 Å². The minimum Gasteiger partial charge on any atom is -0.489 e.